The van der Waals surface area contributed by atoms with Crippen molar-refractivity contribution >= 4 is 76.6 Å². The van der Waals surface area contributed by atoms with Crippen LogP contribution in [0.5, 0.6) is 0 Å². The summed E-state index contributed by atoms with van der Waals surface area (Å²) in [6.45, 7) is 29.1. The van der Waals surface area contributed by atoms with Crippen molar-refractivity contribution in [3.63, 3.8) is 0 Å². The fourth-order valence-corrected chi connectivity index (χ4v) is 12.2. The van der Waals surface area contributed by atoms with Crippen molar-refractivity contribution in [2.45, 2.75) is 194 Å². The van der Waals surface area contributed by atoms with E-state index in [1.165, 1.54) is 60.6 Å². The Morgan fingerprint density at radius 1 is 0.603 bits per heavy atom. The normalized spacial score (nSPS) is 23.7. The van der Waals surface area contributed by atoms with E-state index in [-0.39, 0.29) is 33.0 Å². The molecule has 0 N–H and O–H groups in total. The number of amides is 2. The van der Waals surface area contributed by atoms with Crippen LogP contribution in [0.15, 0.2) is 65.4 Å². The highest BCUT2D eigenvalue weighted by Crippen LogP contribution is 2.44. The highest BCUT2D eigenvalue weighted by molar-refractivity contribution is 9.10. The molecule has 2 aliphatic carbocycles. The predicted molar refractivity (Wildman–Crippen MR) is 320 cm³/mol. The first kappa shape index (κ1) is 62.5. The van der Waals surface area contributed by atoms with E-state index in [0.717, 1.165) is 74.0 Å². The predicted octanol–water partition coefficient (Wildman–Crippen LogP) is 14.7. The van der Waals surface area contributed by atoms with E-state index in [9.17, 15) is 9.59 Å². The summed E-state index contributed by atoms with van der Waals surface area (Å²) in [5, 5.41) is 0.814. The highest BCUT2D eigenvalue weighted by atomic mass is 79.9. The maximum absolute atomic E-state index is 13.0. The van der Waals surface area contributed by atoms with Gasteiger partial charge in [0.25, 0.3) is 0 Å². The topological polar surface area (TPSA) is 129 Å². The smallest absolute Gasteiger partial charge is 0.405 e. The van der Waals surface area contributed by atoms with Crippen molar-refractivity contribution in [2.75, 3.05) is 26.2 Å². The van der Waals surface area contributed by atoms with E-state index >= 15 is 0 Å². The summed E-state index contributed by atoms with van der Waals surface area (Å²) >= 11 is 20.3. The molecule has 6 aliphatic rings. The molecule has 2 aromatic heterocycles. The van der Waals surface area contributed by atoms with Gasteiger partial charge >= 0.3 is 14.0 Å². The molecule has 18 heteroatoms. The van der Waals surface area contributed by atoms with Crippen molar-refractivity contribution in [1.82, 2.24) is 29.7 Å². The first-order valence-electron chi connectivity index (χ1n) is 28.5. The molecule has 0 radical (unpaired) electrons. The molecule has 0 spiro atoms. The minimum absolute atomic E-state index is 0.178. The fraction of sp³-hybridized carbons (Fsp3) is 0.633. The molecular weight excluding hydrogens is 1110 g/mol. The van der Waals surface area contributed by atoms with Crippen molar-refractivity contribution in [1.29, 1.82) is 0 Å². The van der Waals surface area contributed by atoms with Gasteiger partial charge in [0.05, 0.1) is 28.1 Å². The number of halogens is 4. The molecule has 2 amide bonds. The highest BCUT2D eigenvalue weighted by Gasteiger charge is 2.63. The summed E-state index contributed by atoms with van der Waals surface area (Å²) in [6, 6.07) is 16.6. The Morgan fingerprint density at radius 2 is 1.04 bits per heavy atom. The Bertz CT molecular complexity index is 2600. The van der Waals surface area contributed by atoms with Crippen LogP contribution in [-0.2, 0) is 41.0 Å². The van der Waals surface area contributed by atoms with Crippen LogP contribution in [0.25, 0.3) is 11.3 Å². The Kier molecular flexibility index (Phi) is 21.5. The maximum Gasteiger partial charge on any atom is 0.488 e. The standard InChI is InChI=1S/C24H30ClN3O.C20H28BrNO.C12H24B2O4.C4H2Cl2N2/c1-16(2)20-10-12-28(15-20)23(29)14-18-6-4-3-5-17-13-19(7-8-21(17)18)22-9-11-26-24(25)27-22;1-14(2)17-9-10-22(13-17)20(23)12-16-6-4-3-5-15-11-18(21)7-8-19(15)16;1-9(2)10(3,4)16-13(15-9)14-17-11(5,6)12(7,8)18-14;5-3-1-2-7-4(6)8-3/h7-9,11,13,16,18,20H,3-6,10,12,14-15H2,1-2H3;7-8,11,14,16-17H,3-6,9-10,12-13H2,1-2H3;1-8H3;1-2H. The minimum Gasteiger partial charge on any atom is -0.405 e. The zero-order valence-electron chi connectivity index (χ0n) is 48.4. The molecule has 6 heterocycles. The first-order chi connectivity index (χ1) is 36.7. The number of likely N-dealkylation sites (tertiary alicyclic amines) is 2. The van der Waals surface area contributed by atoms with Gasteiger partial charge < -0.3 is 28.4 Å². The molecule has 10 rings (SSSR count). The average Bonchev–Trinajstić information content (AvgIpc) is 4.27. The lowest BCUT2D eigenvalue weighted by atomic mass is 9.49. The van der Waals surface area contributed by atoms with E-state index in [1.807, 2.05) is 61.5 Å². The lowest BCUT2D eigenvalue weighted by Gasteiger charge is -2.32. The average molecular weight is 1190 g/mol. The van der Waals surface area contributed by atoms with Gasteiger partial charge in [0.15, 0.2) is 0 Å². The number of fused-ring (bicyclic) bond motifs is 2. The van der Waals surface area contributed by atoms with Gasteiger partial charge in [-0.2, -0.15) is 0 Å². The van der Waals surface area contributed by atoms with Gasteiger partial charge in [-0.25, -0.2) is 19.9 Å². The second-order valence-electron chi connectivity index (χ2n) is 24.9. The lowest BCUT2D eigenvalue weighted by Crippen LogP contribution is -2.41. The summed E-state index contributed by atoms with van der Waals surface area (Å²) < 4.78 is 25.0. The van der Waals surface area contributed by atoms with E-state index in [2.05, 4.69) is 110 Å². The van der Waals surface area contributed by atoms with E-state index < -0.39 is 14.0 Å². The number of rotatable bonds is 8. The van der Waals surface area contributed by atoms with Gasteiger partial charge in [0.1, 0.15) is 5.15 Å². The van der Waals surface area contributed by atoms with Crippen LogP contribution >= 0.6 is 50.7 Å². The molecule has 12 nitrogen and oxygen atoms in total. The molecule has 78 heavy (non-hydrogen) atoms. The van der Waals surface area contributed by atoms with Gasteiger partial charge in [-0.15, -0.1) is 0 Å². The Labute approximate surface area is 490 Å². The summed E-state index contributed by atoms with van der Waals surface area (Å²) in [6.07, 6.45) is 16.1. The number of aryl methyl sites for hydroxylation is 2. The van der Waals surface area contributed by atoms with Crippen molar-refractivity contribution in [3.05, 3.63) is 103 Å². The molecule has 4 fully saturated rings. The van der Waals surface area contributed by atoms with Crippen LogP contribution in [0.4, 0.5) is 0 Å². The number of benzene rings is 2. The number of hydrogen-bond donors (Lipinski definition) is 0. The van der Waals surface area contributed by atoms with Crippen molar-refractivity contribution in [2.24, 2.45) is 23.7 Å². The van der Waals surface area contributed by atoms with Crippen LogP contribution in [0.1, 0.15) is 181 Å². The number of carbonyl (C=O) groups excluding carboxylic acids is 2. The second kappa shape index (κ2) is 26.8. The van der Waals surface area contributed by atoms with Gasteiger partial charge in [-0.3, -0.25) is 9.59 Å². The van der Waals surface area contributed by atoms with Gasteiger partial charge in [-0.1, -0.05) is 86.3 Å². The molecule has 0 bridgehead atoms. The fourth-order valence-electron chi connectivity index (χ4n) is 11.3. The number of hydrogen-bond acceptors (Lipinski definition) is 10. The van der Waals surface area contributed by atoms with Crippen molar-refractivity contribution < 1.29 is 28.2 Å². The van der Waals surface area contributed by atoms with Crippen LogP contribution in [0, 0.1) is 23.7 Å². The Morgan fingerprint density at radius 3 is 1.45 bits per heavy atom. The summed E-state index contributed by atoms with van der Waals surface area (Å²) in [7, 11) is -0.952. The molecule has 4 unspecified atom stereocenters. The quantitative estimate of drug-likeness (QED) is 0.0728. The third-order valence-corrected chi connectivity index (χ3v) is 18.9. The first-order valence-corrected chi connectivity index (χ1v) is 30.5. The second-order valence-corrected chi connectivity index (χ2v) is 26.9. The minimum atomic E-state index is -0.476. The van der Waals surface area contributed by atoms with Gasteiger partial charge in [0, 0.05) is 61.5 Å². The van der Waals surface area contributed by atoms with Gasteiger partial charge in [0.2, 0.25) is 22.4 Å². The van der Waals surface area contributed by atoms with E-state index in [1.54, 1.807) is 12.3 Å². The Hall–Kier alpha value is -3.14. The SMILES string of the molecule is CC(C)C1CCN(C(=O)CC2CCCCc3cc(-c4ccnc(Cl)n4)ccc32)C1.CC(C)C1CCN(C(=O)CC2CCCCc3cc(Br)ccc32)C1.CC1(C)OB(B2OC(C)(C)C(C)(C)O2)OC1(C)C.Clc1ccnc(Cl)n1. The van der Waals surface area contributed by atoms with Gasteiger partial charge in [-0.05, 0) is 218 Å². The van der Waals surface area contributed by atoms with E-state index in [0.29, 0.717) is 65.3 Å². The third kappa shape index (κ3) is 16.1. The van der Waals surface area contributed by atoms with Crippen LogP contribution in [0.2, 0.25) is 15.7 Å². The summed E-state index contributed by atoms with van der Waals surface area (Å²) in [5.41, 5.74) is 6.04. The van der Waals surface area contributed by atoms with Crippen LogP contribution in [0.3, 0.4) is 0 Å². The molecule has 0 saturated carbocycles. The zero-order valence-corrected chi connectivity index (χ0v) is 52.2. The molecule has 4 atom stereocenters. The largest absolute Gasteiger partial charge is 0.488 e. The molecule has 424 valence electrons. The molecule has 4 aromatic rings. The third-order valence-electron chi connectivity index (χ3n) is 17.8. The van der Waals surface area contributed by atoms with Crippen molar-refractivity contribution in [3.8, 4) is 11.3 Å². The van der Waals surface area contributed by atoms with Crippen LogP contribution in [-0.4, -0.2) is 104 Å². The Balaban J connectivity index is 0.000000162. The lowest BCUT2D eigenvalue weighted by molar-refractivity contribution is -0.131. The molecule has 4 saturated heterocycles. The van der Waals surface area contributed by atoms with E-state index in [4.69, 9.17) is 53.4 Å². The number of nitrogens with zero attached hydrogens (tertiary/aromatic N) is 6. The molecule has 2 aromatic carbocycles. The number of aromatic nitrogens is 4. The molecular formula is C60H84B2BrCl3N6O6. The summed E-state index contributed by atoms with van der Waals surface area (Å²) in [4.78, 5) is 45.6. The van der Waals surface area contributed by atoms with Crippen LogP contribution < -0.4 is 0 Å². The molecule has 4 aliphatic heterocycles. The number of carbonyl (C=O) groups is 2. The zero-order chi connectivity index (χ0) is 56.7. The summed E-state index contributed by atoms with van der Waals surface area (Å²) in [5.74, 6) is 4.11. The monoisotopic (exact) mass is 1190 g/mol. The maximum atomic E-state index is 13.0.